The second-order valence-electron chi connectivity index (χ2n) is 5.12. The molecule has 0 saturated carbocycles. The highest BCUT2D eigenvalue weighted by atomic mass is 16.5. The van der Waals surface area contributed by atoms with Gasteiger partial charge in [-0.05, 0) is 30.2 Å². The zero-order valence-electron chi connectivity index (χ0n) is 12.1. The van der Waals surface area contributed by atoms with Gasteiger partial charge in [0.05, 0.1) is 6.61 Å². The van der Waals surface area contributed by atoms with Crippen LogP contribution >= 0.6 is 0 Å². The fourth-order valence-electron chi connectivity index (χ4n) is 2.18. The van der Waals surface area contributed by atoms with Crippen LogP contribution in [0.2, 0.25) is 0 Å². The number of primary amides is 1. The summed E-state index contributed by atoms with van der Waals surface area (Å²) in [6.45, 7) is 2.31. The van der Waals surface area contributed by atoms with E-state index in [-0.39, 0.29) is 0 Å². The molecule has 0 aliphatic heterocycles. The molecule has 2 rings (SSSR count). The monoisotopic (exact) mass is 284 g/mol. The zero-order valence-corrected chi connectivity index (χ0v) is 12.1. The molecule has 0 heterocycles. The van der Waals surface area contributed by atoms with Crippen LogP contribution in [-0.4, -0.2) is 12.5 Å². The lowest BCUT2D eigenvalue weighted by molar-refractivity contribution is -0.124. The summed E-state index contributed by atoms with van der Waals surface area (Å²) in [6, 6.07) is 16.9. The summed E-state index contributed by atoms with van der Waals surface area (Å²) in [7, 11) is 0. The molecule has 4 N–H and O–H groups in total. The van der Waals surface area contributed by atoms with Crippen molar-refractivity contribution >= 4 is 5.91 Å². The topological polar surface area (TPSA) is 78.3 Å². The highest BCUT2D eigenvalue weighted by molar-refractivity contribution is 5.85. The second-order valence-corrected chi connectivity index (χ2v) is 5.12. The Morgan fingerprint density at radius 3 is 2.48 bits per heavy atom. The van der Waals surface area contributed by atoms with Crippen LogP contribution in [0.25, 0.3) is 0 Å². The third-order valence-electron chi connectivity index (χ3n) is 3.48. The number of aryl methyl sites for hydroxylation is 1. The number of carbonyl (C=O) groups is 1. The van der Waals surface area contributed by atoms with E-state index in [0.29, 0.717) is 18.6 Å². The van der Waals surface area contributed by atoms with Gasteiger partial charge in [-0.15, -0.1) is 0 Å². The van der Waals surface area contributed by atoms with Crippen molar-refractivity contribution in [1.82, 2.24) is 0 Å². The van der Waals surface area contributed by atoms with Crippen molar-refractivity contribution in [1.29, 1.82) is 0 Å². The smallest absolute Gasteiger partial charge is 0.242 e. The van der Waals surface area contributed by atoms with Crippen LogP contribution in [0.15, 0.2) is 54.6 Å². The highest BCUT2D eigenvalue weighted by Gasteiger charge is 2.33. The van der Waals surface area contributed by atoms with Crippen molar-refractivity contribution in [2.45, 2.75) is 18.9 Å². The predicted octanol–water partition coefficient (Wildman–Crippen LogP) is 2.10. The maximum Gasteiger partial charge on any atom is 0.242 e. The van der Waals surface area contributed by atoms with Gasteiger partial charge in [-0.1, -0.05) is 42.5 Å². The normalized spacial score (nSPS) is 13.4. The minimum atomic E-state index is -1.22. The van der Waals surface area contributed by atoms with Gasteiger partial charge in [0, 0.05) is 6.42 Å². The maximum absolute atomic E-state index is 11.8. The molecule has 0 aliphatic carbocycles. The summed E-state index contributed by atoms with van der Waals surface area (Å²) < 4.78 is 5.67. The van der Waals surface area contributed by atoms with Gasteiger partial charge in [0.15, 0.2) is 0 Å². The number of hydrogen-bond donors (Lipinski definition) is 2. The molecule has 21 heavy (non-hydrogen) atoms. The Kier molecular flexibility index (Phi) is 4.60. The van der Waals surface area contributed by atoms with Crippen molar-refractivity contribution < 1.29 is 9.53 Å². The first-order valence-corrected chi connectivity index (χ1v) is 6.86. The van der Waals surface area contributed by atoms with Crippen molar-refractivity contribution in [3.63, 3.8) is 0 Å². The number of ether oxygens (including phenoxy) is 1. The standard InChI is InChI=1S/C17H20N2O2/c1-13-6-5-9-15(12-13)21-11-10-17(19,16(18)20)14-7-3-2-4-8-14/h2-9,12H,10-11,19H2,1H3,(H2,18,20). The lowest BCUT2D eigenvalue weighted by Crippen LogP contribution is -2.50. The van der Waals surface area contributed by atoms with E-state index >= 15 is 0 Å². The number of amides is 1. The Morgan fingerprint density at radius 2 is 1.86 bits per heavy atom. The number of benzene rings is 2. The first-order chi connectivity index (χ1) is 10.0. The molecule has 0 fully saturated rings. The fourth-order valence-corrected chi connectivity index (χ4v) is 2.18. The van der Waals surface area contributed by atoms with Crippen LogP contribution in [0.3, 0.4) is 0 Å². The van der Waals surface area contributed by atoms with Crippen LogP contribution < -0.4 is 16.2 Å². The van der Waals surface area contributed by atoms with Gasteiger partial charge in [-0.2, -0.15) is 0 Å². The molecule has 1 amide bonds. The van der Waals surface area contributed by atoms with E-state index in [9.17, 15) is 4.79 Å². The highest BCUT2D eigenvalue weighted by Crippen LogP contribution is 2.22. The Morgan fingerprint density at radius 1 is 1.14 bits per heavy atom. The van der Waals surface area contributed by atoms with Gasteiger partial charge >= 0.3 is 0 Å². The van der Waals surface area contributed by atoms with Crippen LogP contribution in [0, 0.1) is 6.92 Å². The molecule has 4 heteroatoms. The molecule has 110 valence electrons. The summed E-state index contributed by atoms with van der Waals surface area (Å²) in [4.78, 5) is 11.8. The lowest BCUT2D eigenvalue weighted by atomic mass is 9.87. The molecule has 0 spiro atoms. The van der Waals surface area contributed by atoms with Gasteiger partial charge in [0.2, 0.25) is 5.91 Å². The van der Waals surface area contributed by atoms with Crippen molar-refractivity contribution in [2.24, 2.45) is 11.5 Å². The Bertz CT molecular complexity index is 613. The van der Waals surface area contributed by atoms with Gasteiger partial charge < -0.3 is 16.2 Å². The van der Waals surface area contributed by atoms with E-state index in [1.807, 2.05) is 49.4 Å². The van der Waals surface area contributed by atoms with Gasteiger partial charge in [0.25, 0.3) is 0 Å². The molecule has 2 aromatic carbocycles. The fraction of sp³-hybridized carbons (Fsp3) is 0.235. The first-order valence-electron chi connectivity index (χ1n) is 6.86. The Balaban J connectivity index is 2.06. The van der Waals surface area contributed by atoms with Gasteiger partial charge in [0.1, 0.15) is 11.3 Å². The minimum absolute atomic E-state index is 0.317. The molecular weight excluding hydrogens is 264 g/mol. The number of hydrogen-bond acceptors (Lipinski definition) is 3. The molecule has 0 bridgehead atoms. The minimum Gasteiger partial charge on any atom is -0.493 e. The van der Waals surface area contributed by atoms with E-state index in [0.717, 1.165) is 11.3 Å². The molecule has 0 radical (unpaired) electrons. The van der Waals surface area contributed by atoms with Crippen molar-refractivity contribution in [3.05, 3.63) is 65.7 Å². The van der Waals surface area contributed by atoms with E-state index in [2.05, 4.69) is 0 Å². The first kappa shape index (κ1) is 15.1. The van der Waals surface area contributed by atoms with Gasteiger partial charge in [-0.25, -0.2) is 0 Å². The average Bonchev–Trinajstić information content (AvgIpc) is 2.48. The molecular formula is C17H20N2O2. The van der Waals surface area contributed by atoms with E-state index in [1.54, 1.807) is 12.1 Å². The van der Waals surface area contributed by atoms with Crippen LogP contribution in [0.4, 0.5) is 0 Å². The molecule has 0 saturated heterocycles. The summed E-state index contributed by atoms with van der Waals surface area (Å²) in [5.74, 6) is 0.205. The third kappa shape index (κ3) is 3.61. The summed E-state index contributed by atoms with van der Waals surface area (Å²) >= 11 is 0. The average molecular weight is 284 g/mol. The molecule has 0 aromatic heterocycles. The summed E-state index contributed by atoms with van der Waals surface area (Å²) in [5, 5.41) is 0. The van der Waals surface area contributed by atoms with Crippen molar-refractivity contribution in [2.75, 3.05) is 6.61 Å². The van der Waals surface area contributed by atoms with Crippen molar-refractivity contribution in [3.8, 4) is 5.75 Å². The molecule has 2 aromatic rings. The van der Waals surface area contributed by atoms with Gasteiger partial charge in [-0.3, -0.25) is 4.79 Å². The molecule has 4 nitrogen and oxygen atoms in total. The predicted molar refractivity (Wildman–Crippen MR) is 82.8 cm³/mol. The van der Waals surface area contributed by atoms with E-state index in [1.165, 1.54) is 0 Å². The zero-order chi connectivity index (χ0) is 15.3. The largest absolute Gasteiger partial charge is 0.493 e. The van der Waals surface area contributed by atoms with Crippen LogP contribution in [0.5, 0.6) is 5.75 Å². The molecule has 0 aliphatic rings. The third-order valence-corrected chi connectivity index (χ3v) is 3.48. The van der Waals surface area contributed by atoms with E-state index < -0.39 is 11.4 Å². The second kappa shape index (κ2) is 6.41. The Hall–Kier alpha value is -2.33. The summed E-state index contributed by atoms with van der Waals surface area (Å²) in [6.07, 6.45) is 0.320. The maximum atomic E-state index is 11.8. The van der Waals surface area contributed by atoms with Crippen LogP contribution in [0.1, 0.15) is 17.5 Å². The number of nitrogens with two attached hydrogens (primary N) is 2. The summed E-state index contributed by atoms with van der Waals surface area (Å²) in [5.41, 5.74) is 12.3. The van der Waals surface area contributed by atoms with Crippen LogP contribution in [-0.2, 0) is 10.3 Å². The molecule has 1 atom stereocenters. The quantitative estimate of drug-likeness (QED) is 0.852. The Labute approximate surface area is 124 Å². The molecule has 1 unspecified atom stereocenters. The van der Waals surface area contributed by atoms with E-state index in [4.69, 9.17) is 16.2 Å². The number of carbonyl (C=O) groups excluding carboxylic acids is 1. The number of rotatable bonds is 6. The SMILES string of the molecule is Cc1cccc(OCCC(N)(C(N)=O)c2ccccc2)c1. The lowest BCUT2D eigenvalue weighted by Gasteiger charge is -2.26.